The molecule has 176 valence electrons. The van der Waals surface area contributed by atoms with Crippen LogP contribution in [0.4, 0.5) is 5.69 Å². The molecule has 2 amide bonds. The second-order valence-corrected chi connectivity index (χ2v) is 8.79. The van der Waals surface area contributed by atoms with Crippen molar-refractivity contribution in [3.8, 4) is 5.75 Å². The second kappa shape index (κ2) is 11.0. The van der Waals surface area contributed by atoms with Gasteiger partial charge in [-0.05, 0) is 80.0 Å². The molecule has 5 nitrogen and oxygen atoms in total. The fraction of sp³-hybridized carbons (Fsp3) is 0.310. The summed E-state index contributed by atoms with van der Waals surface area (Å²) in [6.07, 6.45) is 4.44. The minimum Gasteiger partial charge on any atom is -0.481 e. The normalized spacial score (nSPS) is 14.4. The number of aryl methyl sites for hydroxylation is 2. The molecule has 0 aliphatic heterocycles. The lowest BCUT2D eigenvalue weighted by molar-refractivity contribution is -0.122. The Kier molecular flexibility index (Phi) is 7.63. The van der Waals surface area contributed by atoms with Crippen molar-refractivity contribution in [2.75, 3.05) is 5.32 Å². The first-order valence-electron chi connectivity index (χ1n) is 12.1. The van der Waals surface area contributed by atoms with E-state index < -0.39 is 6.10 Å². The van der Waals surface area contributed by atoms with Gasteiger partial charge in [0, 0.05) is 0 Å². The number of nitrogens with one attached hydrogen (secondary N) is 2. The molecule has 3 aromatic rings. The van der Waals surface area contributed by atoms with E-state index in [9.17, 15) is 9.59 Å². The van der Waals surface area contributed by atoms with Crippen molar-refractivity contribution < 1.29 is 14.3 Å². The van der Waals surface area contributed by atoms with Crippen molar-refractivity contribution in [2.45, 2.75) is 58.1 Å². The number of ether oxygens (including phenoxy) is 1. The minimum absolute atomic E-state index is 0.159. The second-order valence-electron chi connectivity index (χ2n) is 8.79. The Balaban J connectivity index is 1.44. The first-order chi connectivity index (χ1) is 16.5. The number of para-hydroxylation sites is 1. The molecule has 0 spiro atoms. The van der Waals surface area contributed by atoms with Gasteiger partial charge in [-0.15, -0.1) is 0 Å². The molecule has 2 atom stereocenters. The molecule has 3 aromatic carbocycles. The summed E-state index contributed by atoms with van der Waals surface area (Å²) in [4.78, 5) is 26.1. The molecule has 0 aromatic heterocycles. The third-order valence-electron chi connectivity index (χ3n) is 6.34. The Bertz CT molecular complexity index is 1140. The Morgan fingerprint density at radius 3 is 2.38 bits per heavy atom. The summed E-state index contributed by atoms with van der Waals surface area (Å²) < 4.78 is 6.07. The molecule has 0 saturated heterocycles. The molecule has 0 radical (unpaired) electrons. The van der Waals surface area contributed by atoms with Gasteiger partial charge in [-0.25, -0.2) is 0 Å². The number of carbonyl (C=O) groups is 2. The molecule has 1 aliphatic rings. The van der Waals surface area contributed by atoms with E-state index in [0.717, 1.165) is 18.4 Å². The van der Waals surface area contributed by atoms with Gasteiger partial charge in [0.25, 0.3) is 11.8 Å². The van der Waals surface area contributed by atoms with E-state index in [1.165, 1.54) is 24.0 Å². The van der Waals surface area contributed by atoms with Crippen LogP contribution in [0.3, 0.4) is 0 Å². The number of anilines is 1. The number of hydrogen-bond acceptors (Lipinski definition) is 3. The zero-order chi connectivity index (χ0) is 23.9. The lowest BCUT2D eigenvalue weighted by atomic mass is 9.92. The van der Waals surface area contributed by atoms with E-state index in [0.29, 0.717) is 23.4 Å². The first-order valence-corrected chi connectivity index (χ1v) is 12.1. The highest BCUT2D eigenvalue weighted by Crippen LogP contribution is 2.26. The summed E-state index contributed by atoms with van der Waals surface area (Å²) in [5.41, 5.74) is 4.59. The zero-order valence-corrected chi connectivity index (χ0v) is 19.8. The lowest BCUT2D eigenvalue weighted by Gasteiger charge is -2.21. The van der Waals surface area contributed by atoms with Crippen molar-refractivity contribution in [1.82, 2.24) is 5.32 Å². The summed E-state index contributed by atoms with van der Waals surface area (Å²) in [6.45, 7) is 3.86. The maximum atomic E-state index is 13.1. The summed E-state index contributed by atoms with van der Waals surface area (Å²) in [5.74, 6) is 0.206. The van der Waals surface area contributed by atoms with Crippen molar-refractivity contribution in [3.63, 3.8) is 0 Å². The lowest BCUT2D eigenvalue weighted by Crippen LogP contribution is -2.34. The third-order valence-corrected chi connectivity index (χ3v) is 6.34. The maximum Gasteiger partial charge on any atom is 0.265 e. The average Bonchev–Trinajstić information content (AvgIpc) is 2.87. The maximum absolute atomic E-state index is 13.1. The van der Waals surface area contributed by atoms with Crippen molar-refractivity contribution in [2.24, 2.45) is 0 Å². The van der Waals surface area contributed by atoms with Gasteiger partial charge in [0.05, 0.1) is 17.3 Å². The van der Waals surface area contributed by atoms with Crippen LogP contribution in [0.5, 0.6) is 5.75 Å². The summed E-state index contributed by atoms with van der Waals surface area (Å²) in [5, 5.41) is 5.93. The summed E-state index contributed by atoms with van der Waals surface area (Å²) in [6, 6.07) is 22.8. The molecule has 4 rings (SSSR count). The summed E-state index contributed by atoms with van der Waals surface area (Å²) >= 11 is 0. The van der Waals surface area contributed by atoms with Crippen LogP contribution in [0.25, 0.3) is 0 Å². The highest BCUT2D eigenvalue weighted by atomic mass is 16.5. The number of rotatable bonds is 8. The quantitative estimate of drug-likeness (QED) is 0.447. The Labute approximate surface area is 201 Å². The molecule has 0 bridgehead atoms. The predicted molar refractivity (Wildman–Crippen MR) is 135 cm³/mol. The van der Waals surface area contributed by atoms with E-state index in [1.807, 2.05) is 50.2 Å². The van der Waals surface area contributed by atoms with Crippen molar-refractivity contribution >= 4 is 17.5 Å². The van der Waals surface area contributed by atoms with E-state index in [1.54, 1.807) is 24.3 Å². The molecule has 0 heterocycles. The van der Waals surface area contributed by atoms with E-state index >= 15 is 0 Å². The smallest absolute Gasteiger partial charge is 0.265 e. The molecule has 0 unspecified atom stereocenters. The standard InChI is InChI=1S/C29H32N2O3/c1-3-27(34-24-18-17-22-13-7-8-14-23(22)19-24)29(33)31-26-16-10-9-15-25(26)28(32)30-20(2)21-11-5-4-6-12-21/h4-6,9-12,15-20,27H,3,7-8,13-14H2,1-2H3,(H,30,32)(H,31,33)/t20-,27+/m1/s1. The highest BCUT2D eigenvalue weighted by Gasteiger charge is 2.22. The van der Waals surface area contributed by atoms with Gasteiger partial charge in [0.15, 0.2) is 6.10 Å². The molecule has 0 fully saturated rings. The van der Waals surface area contributed by atoms with Crippen LogP contribution in [0, 0.1) is 0 Å². The Morgan fingerprint density at radius 1 is 0.912 bits per heavy atom. The van der Waals surface area contributed by atoms with Gasteiger partial charge in [0.1, 0.15) is 5.75 Å². The molecule has 1 aliphatic carbocycles. The van der Waals surface area contributed by atoms with Crippen LogP contribution in [-0.4, -0.2) is 17.9 Å². The Morgan fingerprint density at radius 2 is 1.62 bits per heavy atom. The average molecular weight is 457 g/mol. The van der Waals surface area contributed by atoms with Crippen LogP contribution in [0.2, 0.25) is 0 Å². The molecule has 5 heteroatoms. The van der Waals surface area contributed by atoms with E-state index in [2.05, 4.69) is 22.8 Å². The first kappa shape index (κ1) is 23.6. The van der Waals surface area contributed by atoms with Gasteiger partial charge in [0.2, 0.25) is 0 Å². The fourth-order valence-corrected chi connectivity index (χ4v) is 4.37. The van der Waals surface area contributed by atoms with Crippen molar-refractivity contribution in [1.29, 1.82) is 0 Å². The molecular formula is C29H32N2O3. The van der Waals surface area contributed by atoms with E-state index in [-0.39, 0.29) is 17.9 Å². The fourth-order valence-electron chi connectivity index (χ4n) is 4.37. The largest absolute Gasteiger partial charge is 0.481 e. The van der Waals surface area contributed by atoms with Crippen LogP contribution in [-0.2, 0) is 17.6 Å². The Hall–Kier alpha value is -3.60. The summed E-state index contributed by atoms with van der Waals surface area (Å²) in [7, 11) is 0. The van der Waals surface area contributed by atoms with Crippen LogP contribution in [0.1, 0.15) is 66.2 Å². The zero-order valence-electron chi connectivity index (χ0n) is 19.8. The number of amides is 2. The topological polar surface area (TPSA) is 67.4 Å². The number of carbonyl (C=O) groups excluding carboxylic acids is 2. The third kappa shape index (κ3) is 5.66. The van der Waals surface area contributed by atoms with Gasteiger partial charge >= 0.3 is 0 Å². The van der Waals surface area contributed by atoms with Gasteiger partial charge in [-0.1, -0.05) is 55.5 Å². The van der Waals surface area contributed by atoms with Gasteiger partial charge in [-0.2, -0.15) is 0 Å². The minimum atomic E-state index is -0.652. The van der Waals surface area contributed by atoms with E-state index in [4.69, 9.17) is 4.74 Å². The molecule has 34 heavy (non-hydrogen) atoms. The number of hydrogen-bond donors (Lipinski definition) is 2. The predicted octanol–water partition coefficient (Wildman–Crippen LogP) is 5.85. The van der Waals surface area contributed by atoms with Crippen LogP contribution >= 0.6 is 0 Å². The van der Waals surface area contributed by atoms with Gasteiger partial charge < -0.3 is 15.4 Å². The van der Waals surface area contributed by atoms with Crippen molar-refractivity contribution in [3.05, 3.63) is 95.1 Å². The van der Waals surface area contributed by atoms with Gasteiger partial charge in [-0.3, -0.25) is 9.59 Å². The monoisotopic (exact) mass is 456 g/mol. The SMILES string of the molecule is CC[C@H](Oc1ccc2c(c1)CCCC2)C(=O)Nc1ccccc1C(=O)N[C@H](C)c1ccccc1. The molecular weight excluding hydrogens is 424 g/mol. The van der Waals surface area contributed by atoms with Crippen LogP contribution in [0.15, 0.2) is 72.8 Å². The van der Waals surface area contributed by atoms with Crippen LogP contribution < -0.4 is 15.4 Å². The number of fused-ring (bicyclic) bond motifs is 1. The number of benzene rings is 3. The molecule has 2 N–H and O–H groups in total. The highest BCUT2D eigenvalue weighted by molar-refractivity contribution is 6.04. The molecule has 0 saturated carbocycles.